The van der Waals surface area contributed by atoms with Crippen molar-refractivity contribution in [2.75, 3.05) is 19.7 Å². The number of ether oxygens (including phenoxy) is 1. The number of likely N-dealkylation sites (tertiary alicyclic amines) is 1. The number of nitrogens with two attached hydrogens (primary N) is 1. The summed E-state index contributed by atoms with van der Waals surface area (Å²) in [6, 6.07) is -1.25. The largest absolute Gasteiger partial charge is 0.464 e. The fourth-order valence-corrected chi connectivity index (χ4v) is 2.72. The number of H-pyrrole nitrogens is 1. The first kappa shape index (κ1) is 17.9. The van der Waals surface area contributed by atoms with Crippen LogP contribution in [0.15, 0.2) is 12.5 Å². The Hall–Kier alpha value is -2.42. The monoisotopic (exact) mass is 337 g/mol. The Morgan fingerprint density at radius 3 is 3.00 bits per heavy atom. The molecule has 1 aromatic heterocycles. The Kier molecular flexibility index (Phi) is 6.30. The topological polar surface area (TPSA) is 130 Å². The number of rotatable bonds is 7. The van der Waals surface area contributed by atoms with Crippen LogP contribution < -0.4 is 11.1 Å². The molecule has 9 nitrogen and oxygen atoms in total. The Morgan fingerprint density at radius 1 is 1.54 bits per heavy atom. The van der Waals surface area contributed by atoms with Crippen molar-refractivity contribution in [2.24, 2.45) is 5.73 Å². The number of carbonyl (C=O) groups is 3. The second kappa shape index (κ2) is 8.44. The fraction of sp³-hybridized carbons (Fsp3) is 0.600. The highest BCUT2D eigenvalue weighted by molar-refractivity contribution is 5.90. The summed E-state index contributed by atoms with van der Waals surface area (Å²) in [6.07, 6.45) is 4.85. The number of imidazole rings is 1. The van der Waals surface area contributed by atoms with Gasteiger partial charge in [0.1, 0.15) is 12.6 Å². The van der Waals surface area contributed by atoms with Crippen LogP contribution in [0.25, 0.3) is 0 Å². The lowest BCUT2D eigenvalue weighted by atomic mass is 10.1. The Balaban J connectivity index is 1.85. The second-order valence-electron chi connectivity index (χ2n) is 5.71. The normalized spacial score (nSPS) is 18.2. The van der Waals surface area contributed by atoms with Gasteiger partial charge >= 0.3 is 5.97 Å². The SMILES string of the molecule is CC(=O)OCCNC(=O)[C@@H]1CCCN1C(=O)[C@@H](N)Cc1cnc[nH]1. The number of aromatic amines is 1. The molecule has 9 heteroatoms. The zero-order chi connectivity index (χ0) is 17.5. The van der Waals surface area contributed by atoms with Crippen LogP contribution in [0.2, 0.25) is 0 Å². The number of nitrogens with one attached hydrogen (secondary N) is 2. The van der Waals surface area contributed by atoms with Crippen LogP contribution in [0.1, 0.15) is 25.5 Å². The molecule has 24 heavy (non-hydrogen) atoms. The molecule has 2 amide bonds. The van der Waals surface area contributed by atoms with Crippen molar-refractivity contribution in [3.05, 3.63) is 18.2 Å². The minimum Gasteiger partial charge on any atom is -0.464 e. The maximum Gasteiger partial charge on any atom is 0.302 e. The molecule has 4 N–H and O–H groups in total. The van der Waals surface area contributed by atoms with Gasteiger partial charge in [-0.2, -0.15) is 0 Å². The molecule has 0 radical (unpaired) electrons. The van der Waals surface area contributed by atoms with Crippen LogP contribution in [0.3, 0.4) is 0 Å². The van der Waals surface area contributed by atoms with Crippen LogP contribution in [-0.2, 0) is 25.5 Å². The molecule has 0 aromatic carbocycles. The summed E-state index contributed by atoms with van der Waals surface area (Å²) in [5.41, 5.74) is 6.75. The summed E-state index contributed by atoms with van der Waals surface area (Å²) in [5, 5.41) is 2.68. The van der Waals surface area contributed by atoms with Crippen LogP contribution in [0, 0.1) is 0 Å². The summed E-state index contributed by atoms with van der Waals surface area (Å²) in [4.78, 5) is 43.8. The first-order valence-electron chi connectivity index (χ1n) is 7.93. The van der Waals surface area contributed by atoms with E-state index in [1.165, 1.54) is 18.2 Å². The highest BCUT2D eigenvalue weighted by atomic mass is 16.5. The third-order valence-electron chi connectivity index (χ3n) is 3.86. The van der Waals surface area contributed by atoms with E-state index in [9.17, 15) is 14.4 Å². The van der Waals surface area contributed by atoms with Crippen LogP contribution >= 0.6 is 0 Å². The predicted octanol–water partition coefficient (Wildman–Crippen LogP) is -1.05. The number of nitrogens with zero attached hydrogens (tertiary/aromatic N) is 2. The van der Waals surface area contributed by atoms with E-state index in [1.54, 1.807) is 6.20 Å². The molecule has 1 aliphatic rings. The fourth-order valence-electron chi connectivity index (χ4n) is 2.72. The lowest BCUT2D eigenvalue weighted by molar-refractivity contribution is -0.142. The van der Waals surface area contributed by atoms with Crippen molar-refractivity contribution in [3.63, 3.8) is 0 Å². The quantitative estimate of drug-likeness (QED) is 0.430. The van der Waals surface area contributed by atoms with Gasteiger partial charge in [-0.15, -0.1) is 0 Å². The van der Waals surface area contributed by atoms with E-state index in [-0.39, 0.29) is 25.0 Å². The maximum absolute atomic E-state index is 12.5. The minimum atomic E-state index is -0.722. The zero-order valence-corrected chi connectivity index (χ0v) is 13.7. The number of carbonyl (C=O) groups excluding carboxylic acids is 3. The van der Waals surface area contributed by atoms with Crippen molar-refractivity contribution in [2.45, 2.75) is 38.3 Å². The van der Waals surface area contributed by atoms with Gasteiger partial charge in [0.15, 0.2) is 0 Å². The van der Waals surface area contributed by atoms with E-state index < -0.39 is 18.1 Å². The van der Waals surface area contributed by atoms with Gasteiger partial charge in [0.05, 0.1) is 18.9 Å². The Morgan fingerprint density at radius 2 is 2.33 bits per heavy atom. The standard InChI is InChI=1S/C15H23N5O4/c1-10(21)24-6-4-18-14(22)13-3-2-5-20(13)15(23)12(16)7-11-8-17-9-19-11/h8-9,12-13H,2-7,16H2,1H3,(H,17,19)(H,18,22)/t12-,13-/m0/s1. The molecular formula is C15H23N5O4. The summed E-state index contributed by atoms with van der Waals surface area (Å²) in [6.45, 7) is 2.15. The van der Waals surface area contributed by atoms with Crippen LogP contribution in [0.5, 0.6) is 0 Å². The van der Waals surface area contributed by atoms with Gasteiger partial charge in [0.25, 0.3) is 0 Å². The number of aromatic nitrogens is 2. The molecule has 1 saturated heterocycles. The van der Waals surface area contributed by atoms with Gasteiger partial charge in [0.2, 0.25) is 11.8 Å². The van der Waals surface area contributed by atoms with E-state index >= 15 is 0 Å². The van der Waals surface area contributed by atoms with E-state index in [2.05, 4.69) is 15.3 Å². The predicted molar refractivity (Wildman–Crippen MR) is 84.6 cm³/mol. The summed E-state index contributed by atoms with van der Waals surface area (Å²) in [5.74, 6) is -0.893. The molecule has 1 fully saturated rings. The third kappa shape index (κ3) is 4.79. The third-order valence-corrected chi connectivity index (χ3v) is 3.86. The average molecular weight is 337 g/mol. The molecule has 0 bridgehead atoms. The van der Waals surface area contributed by atoms with Gasteiger partial charge in [-0.05, 0) is 12.8 Å². The minimum absolute atomic E-state index is 0.112. The first-order valence-corrected chi connectivity index (χ1v) is 7.93. The van der Waals surface area contributed by atoms with E-state index in [4.69, 9.17) is 10.5 Å². The lowest BCUT2D eigenvalue weighted by Crippen LogP contribution is -2.52. The van der Waals surface area contributed by atoms with Crippen molar-refractivity contribution in [3.8, 4) is 0 Å². The van der Waals surface area contributed by atoms with Crippen LogP contribution in [-0.4, -0.2) is 64.4 Å². The van der Waals surface area contributed by atoms with Gasteiger partial charge in [0, 0.05) is 31.8 Å². The second-order valence-corrected chi connectivity index (χ2v) is 5.71. The smallest absolute Gasteiger partial charge is 0.302 e. The summed E-state index contributed by atoms with van der Waals surface area (Å²) in [7, 11) is 0. The lowest BCUT2D eigenvalue weighted by Gasteiger charge is -2.26. The van der Waals surface area contributed by atoms with Gasteiger partial charge in [-0.1, -0.05) is 0 Å². The molecule has 0 aliphatic carbocycles. The number of esters is 1. The molecule has 0 saturated carbocycles. The van der Waals surface area contributed by atoms with E-state index in [0.29, 0.717) is 19.4 Å². The van der Waals surface area contributed by atoms with E-state index in [1.807, 2.05) is 0 Å². The summed E-state index contributed by atoms with van der Waals surface area (Å²) >= 11 is 0. The molecule has 2 atom stereocenters. The number of amides is 2. The van der Waals surface area contributed by atoms with Gasteiger partial charge < -0.3 is 25.7 Å². The molecule has 0 spiro atoms. The molecule has 2 heterocycles. The highest BCUT2D eigenvalue weighted by Gasteiger charge is 2.36. The molecule has 0 unspecified atom stereocenters. The molecule has 1 aromatic rings. The molecular weight excluding hydrogens is 314 g/mol. The molecule has 2 rings (SSSR count). The van der Waals surface area contributed by atoms with Crippen molar-refractivity contribution >= 4 is 17.8 Å². The van der Waals surface area contributed by atoms with Gasteiger partial charge in [-0.25, -0.2) is 4.98 Å². The average Bonchev–Trinajstić information content (AvgIpc) is 3.21. The van der Waals surface area contributed by atoms with Crippen molar-refractivity contribution < 1.29 is 19.1 Å². The van der Waals surface area contributed by atoms with Crippen LogP contribution in [0.4, 0.5) is 0 Å². The highest BCUT2D eigenvalue weighted by Crippen LogP contribution is 2.18. The Labute approximate surface area is 139 Å². The molecule has 1 aliphatic heterocycles. The van der Waals surface area contributed by atoms with Gasteiger partial charge in [-0.3, -0.25) is 14.4 Å². The maximum atomic E-state index is 12.5. The van der Waals surface area contributed by atoms with Crippen molar-refractivity contribution in [1.82, 2.24) is 20.2 Å². The zero-order valence-electron chi connectivity index (χ0n) is 13.7. The number of hydrogen-bond acceptors (Lipinski definition) is 6. The van der Waals surface area contributed by atoms with Crippen molar-refractivity contribution in [1.29, 1.82) is 0 Å². The van der Waals surface area contributed by atoms with E-state index in [0.717, 1.165) is 12.1 Å². The Bertz CT molecular complexity index is 574. The number of hydrogen-bond donors (Lipinski definition) is 3. The summed E-state index contributed by atoms with van der Waals surface area (Å²) < 4.78 is 4.76. The molecule has 132 valence electrons. The first-order chi connectivity index (χ1) is 11.5.